The number of alkyl halides is 2. The van der Waals surface area contributed by atoms with Gasteiger partial charge in [-0.1, -0.05) is 0 Å². The van der Waals surface area contributed by atoms with Gasteiger partial charge in [0.05, 0.1) is 24.0 Å². The third kappa shape index (κ3) is 4.30. The number of nitrogens with one attached hydrogen (secondary N) is 1. The number of rotatable bonds is 5. The Morgan fingerprint density at radius 3 is 2.62 bits per heavy atom. The maximum Gasteiger partial charge on any atom is 0.266 e. The van der Waals surface area contributed by atoms with E-state index in [0.717, 1.165) is 18.2 Å². The van der Waals surface area contributed by atoms with E-state index in [2.05, 4.69) is 15.4 Å². The average Bonchev–Trinajstić information content (AvgIpc) is 3.37. The molecule has 1 N–H and O–H groups in total. The van der Waals surface area contributed by atoms with E-state index < -0.39 is 30.0 Å². The van der Waals surface area contributed by atoms with Crippen LogP contribution in [-0.4, -0.2) is 39.7 Å². The largest absolute Gasteiger partial charge is 0.349 e. The number of carbonyl (C=O) groups excluding carboxylic acids is 1. The lowest BCUT2D eigenvalue weighted by molar-refractivity contribution is 0.0257. The average molecular weight is 447 g/mol. The molecule has 1 amide bonds. The number of carbonyl (C=O) groups is 1. The first-order chi connectivity index (χ1) is 15.1. The van der Waals surface area contributed by atoms with Crippen LogP contribution in [0.5, 0.6) is 0 Å². The number of anilines is 2. The fraction of sp³-hybridized carbons (Fsp3) is 0.318. The number of halogens is 4. The van der Waals surface area contributed by atoms with Gasteiger partial charge in [-0.3, -0.25) is 9.48 Å². The molecule has 3 heterocycles. The zero-order chi connectivity index (χ0) is 23.0. The lowest BCUT2D eigenvalue weighted by Crippen LogP contribution is -2.27. The van der Waals surface area contributed by atoms with Gasteiger partial charge in [0.15, 0.2) is 5.82 Å². The fourth-order valence-electron chi connectivity index (χ4n) is 3.58. The van der Waals surface area contributed by atoms with Crippen LogP contribution in [-0.2, 0) is 0 Å². The summed E-state index contributed by atoms with van der Waals surface area (Å²) in [6, 6.07) is 4.35. The van der Waals surface area contributed by atoms with Crippen molar-refractivity contribution >= 4 is 17.4 Å². The number of nitrogens with zero attached hydrogens (tertiary/aromatic N) is 4. The molecular weight excluding hydrogens is 426 g/mol. The third-order valence-corrected chi connectivity index (χ3v) is 5.25. The summed E-state index contributed by atoms with van der Waals surface area (Å²) in [7, 11) is 0. The summed E-state index contributed by atoms with van der Waals surface area (Å²) in [6.07, 6.45) is 3.86. The molecule has 0 atom stereocenters. The van der Waals surface area contributed by atoms with Gasteiger partial charge < -0.3 is 10.2 Å². The molecule has 4 rings (SSSR count). The van der Waals surface area contributed by atoms with E-state index in [1.54, 1.807) is 10.9 Å². The van der Waals surface area contributed by atoms with E-state index in [1.807, 2.05) is 13.8 Å². The second kappa shape index (κ2) is 8.25. The zero-order valence-electron chi connectivity index (χ0n) is 17.4. The first-order valence-corrected chi connectivity index (χ1v) is 10.1. The third-order valence-electron chi connectivity index (χ3n) is 5.25. The number of amides is 1. The van der Waals surface area contributed by atoms with E-state index in [9.17, 15) is 22.4 Å². The summed E-state index contributed by atoms with van der Waals surface area (Å²) < 4.78 is 57.8. The molecule has 1 aliphatic heterocycles. The van der Waals surface area contributed by atoms with Gasteiger partial charge in [0, 0.05) is 42.5 Å². The molecule has 2 aromatic heterocycles. The maximum absolute atomic E-state index is 14.6. The summed E-state index contributed by atoms with van der Waals surface area (Å²) in [6.45, 7) is 3.20. The molecule has 32 heavy (non-hydrogen) atoms. The minimum absolute atomic E-state index is 0.00321. The summed E-state index contributed by atoms with van der Waals surface area (Å²) in [5, 5.41) is 6.79. The molecule has 6 nitrogen and oxygen atoms in total. The van der Waals surface area contributed by atoms with Gasteiger partial charge >= 0.3 is 0 Å². The standard InChI is InChI=1S/C22H21F4N5O/c1-13(2)31-11-14(10-28-31)21(32)29-19-16(17-9-15(23)3-4-18(17)24)5-7-27-20(19)30-8-6-22(25,26)12-30/h3-5,7,9-11,13H,6,8,12H2,1-2H3,(H,29,32). The molecule has 1 fully saturated rings. The van der Waals surface area contributed by atoms with Crippen molar-refractivity contribution in [2.75, 3.05) is 23.3 Å². The quantitative estimate of drug-likeness (QED) is 0.565. The highest BCUT2D eigenvalue weighted by Gasteiger charge is 2.40. The summed E-state index contributed by atoms with van der Waals surface area (Å²) in [5.74, 6) is -4.83. The van der Waals surface area contributed by atoms with Gasteiger partial charge in [-0.05, 0) is 38.1 Å². The molecule has 1 aromatic carbocycles. The van der Waals surface area contributed by atoms with E-state index in [0.29, 0.717) is 0 Å². The summed E-state index contributed by atoms with van der Waals surface area (Å²) in [5.41, 5.74) is 0.266. The van der Waals surface area contributed by atoms with Crippen molar-refractivity contribution in [3.63, 3.8) is 0 Å². The zero-order valence-corrected chi connectivity index (χ0v) is 17.4. The van der Waals surface area contributed by atoms with Crippen molar-refractivity contribution < 1.29 is 22.4 Å². The Bertz CT molecular complexity index is 1160. The predicted molar refractivity (Wildman–Crippen MR) is 112 cm³/mol. The van der Waals surface area contributed by atoms with Crippen molar-refractivity contribution in [3.8, 4) is 11.1 Å². The van der Waals surface area contributed by atoms with Crippen molar-refractivity contribution in [2.24, 2.45) is 0 Å². The van der Waals surface area contributed by atoms with Crippen molar-refractivity contribution in [3.05, 3.63) is 60.1 Å². The fourth-order valence-corrected chi connectivity index (χ4v) is 3.58. The first kappa shape index (κ1) is 21.8. The summed E-state index contributed by atoms with van der Waals surface area (Å²) in [4.78, 5) is 18.5. The number of hydrogen-bond donors (Lipinski definition) is 1. The van der Waals surface area contributed by atoms with Crippen LogP contribution < -0.4 is 10.2 Å². The smallest absolute Gasteiger partial charge is 0.266 e. The molecular formula is C22H21F4N5O. The Balaban J connectivity index is 1.79. The molecule has 1 saturated heterocycles. The molecule has 10 heteroatoms. The van der Waals surface area contributed by atoms with Gasteiger partial charge in [0.25, 0.3) is 11.8 Å². The van der Waals surface area contributed by atoms with Gasteiger partial charge in [0.1, 0.15) is 11.6 Å². The van der Waals surface area contributed by atoms with Crippen LogP contribution in [0.3, 0.4) is 0 Å². The molecule has 168 valence electrons. The lowest BCUT2D eigenvalue weighted by atomic mass is 10.0. The highest BCUT2D eigenvalue weighted by atomic mass is 19.3. The molecule has 0 unspecified atom stereocenters. The number of aromatic nitrogens is 3. The number of hydrogen-bond acceptors (Lipinski definition) is 4. The van der Waals surface area contributed by atoms with Crippen LogP contribution in [0.25, 0.3) is 11.1 Å². The van der Waals surface area contributed by atoms with E-state index in [-0.39, 0.29) is 47.2 Å². The van der Waals surface area contributed by atoms with Crippen LogP contribution >= 0.6 is 0 Å². The monoisotopic (exact) mass is 447 g/mol. The minimum Gasteiger partial charge on any atom is -0.349 e. The van der Waals surface area contributed by atoms with Crippen LogP contribution in [0, 0.1) is 11.6 Å². The Morgan fingerprint density at radius 1 is 1.19 bits per heavy atom. The minimum atomic E-state index is -2.92. The molecule has 0 bridgehead atoms. The lowest BCUT2D eigenvalue weighted by Gasteiger charge is -2.23. The van der Waals surface area contributed by atoms with Crippen LogP contribution in [0.15, 0.2) is 42.9 Å². The van der Waals surface area contributed by atoms with E-state index in [1.165, 1.54) is 23.4 Å². The Labute approximate surface area is 181 Å². The van der Waals surface area contributed by atoms with Crippen LogP contribution in [0.1, 0.15) is 36.7 Å². The Kier molecular flexibility index (Phi) is 5.62. The number of pyridine rings is 1. The van der Waals surface area contributed by atoms with E-state index in [4.69, 9.17) is 0 Å². The number of benzene rings is 1. The van der Waals surface area contributed by atoms with Crippen LogP contribution in [0.4, 0.5) is 29.1 Å². The van der Waals surface area contributed by atoms with Gasteiger partial charge in [-0.15, -0.1) is 0 Å². The van der Waals surface area contributed by atoms with E-state index >= 15 is 0 Å². The second-order valence-electron chi connectivity index (χ2n) is 7.97. The molecule has 0 spiro atoms. The SMILES string of the molecule is CC(C)n1cc(C(=O)Nc2c(-c3cc(F)ccc3F)ccnc2N2CCC(F)(F)C2)cn1. The van der Waals surface area contributed by atoms with Crippen LogP contribution in [0.2, 0.25) is 0 Å². The first-order valence-electron chi connectivity index (χ1n) is 10.1. The van der Waals surface area contributed by atoms with Crippen molar-refractivity contribution in [1.29, 1.82) is 0 Å². The molecule has 1 aliphatic rings. The molecule has 3 aromatic rings. The summed E-state index contributed by atoms with van der Waals surface area (Å²) >= 11 is 0. The molecule has 0 radical (unpaired) electrons. The predicted octanol–water partition coefficient (Wildman–Crippen LogP) is 4.90. The molecule has 0 aliphatic carbocycles. The van der Waals surface area contributed by atoms with Gasteiger partial charge in [-0.2, -0.15) is 5.10 Å². The van der Waals surface area contributed by atoms with Gasteiger partial charge in [-0.25, -0.2) is 22.5 Å². The highest BCUT2D eigenvalue weighted by molar-refractivity contribution is 6.08. The van der Waals surface area contributed by atoms with Crippen molar-refractivity contribution in [2.45, 2.75) is 32.2 Å². The maximum atomic E-state index is 14.6. The topological polar surface area (TPSA) is 63.1 Å². The Morgan fingerprint density at radius 2 is 1.97 bits per heavy atom. The Hall–Kier alpha value is -3.43. The van der Waals surface area contributed by atoms with Crippen molar-refractivity contribution in [1.82, 2.24) is 14.8 Å². The second-order valence-corrected chi connectivity index (χ2v) is 7.97. The van der Waals surface area contributed by atoms with Gasteiger partial charge in [0.2, 0.25) is 0 Å². The normalized spacial score (nSPS) is 15.4. The highest BCUT2D eigenvalue weighted by Crippen LogP contribution is 2.40. The molecule has 0 saturated carbocycles.